The van der Waals surface area contributed by atoms with Gasteiger partial charge in [0.2, 0.25) is 21.8 Å². The van der Waals surface area contributed by atoms with E-state index in [4.69, 9.17) is 4.74 Å². The van der Waals surface area contributed by atoms with E-state index in [1.165, 1.54) is 4.90 Å². The summed E-state index contributed by atoms with van der Waals surface area (Å²) in [4.78, 5) is 33.5. The molecule has 0 saturated heterocycles. The van der Waals surface area contributed by atoms with Crippen LogP contribution in [-0.2, 0) is 45.7 Å². The maximum Gasteiger partial charge on any atom is 0.243 e. The highest BCUT2D eigenvalue weighted by atomic mass is 32.2. The van der Waals surface area contributed by atoms with E-state index in [0.29, 0.717) is 5.75 Å². The lowest BCUT2D eigenvalue weighted by Gasteiger charge is -2.33. The summed E-state index contributed by atoms with van der Waals surface area (Å²) in [6.07, 6.45) is 4.62. The minimum absolute atomic E-state index is 0.0272. The Labute approximate surface area is 253 Å². The first kappa shape index (κ1) is 31.4. The van der Waals surface area contributed by atoms with Gasteiger partial charge in [-0.15, -0.1) is 0 Å². The van der Waals surface area contributed by atoms with Crippen LogP contribution >= 0.6 is 0 Å². The van der Waals surface area contributed by atoms with E-state index in [2.05, 4.69) is 10.3 Å². The molecular weight excluding hydrogens is 564 g/mol. The van der Waals surface area contributed by atoms with Crippen LogP contribution in [0.2, 0.25) is 0 Å². The van der Waals surface area contributed by atoms with E-state index in [0.717, 1.165) is 32.8 Å². The van der Waals surface area contributed by atoms with Gasteiger partial charge in [0.15, 0.2) is 0 Å². The van der Waals surface area contributed by atoms with Crippen LogP contribution in [-0.4, -0.2) is 60.4 Å². The summed E-state index contributed by atoms with van der Waals surface area (Å²) in [5, 5.41) is 2.97. The van der Waals surface area contributed by atoms with Crippen LogP contribution in [0.15, 0.2) is 109 Å². The standard InChI is InChI=1S/C33H36N4O5S/c1-42-30-15-13-29(14-16-30)24-37(32(38)25-36(43(2,40)41)23-28-11-7-4-8-12-28)31(21-26-9-5-3-6-10-26)33(39)35-22-27-17-19-34-20-18-27/h3-20,31H,21-25H2,1-2H3,(H,35,39)/t31-/m1/s1. The third-order valence-corrected chi connectivity index (χ3v) is 8.18. The third kappa shape index (κ3) is 9.49. The molecule has 43 heavy (non-hydrogen) atoms. The number of hydrogen-bond acceptors (Lipinski definition) is 6. The molecule has 0 aliphatic rings. The van der Waals surface area contributed by atoms with Crippen molar-refractivity contribution in [2.45, 2.75) is 32.1 Å². The highest BCUT2D eigenvalue weighted by Gasteiger charge is 2.33. The number of hydrogen-bond donors (Lipinski definition) is 1. The van der Waals surface area contributed by atoms with Gasteiger partial charge < -0.3 is 15.0 Å². The van der Waals surface area contributed by atoms with Crippen molar-refractivity contribution in [2.75, 3.05) is 19.9 Å². The Kier molecular flexibility index (Phi) is 11.0. The van der Waals surface area contributed by atoms with E-state index < -0.39 is 28.5 Å². The lowest BCUT2D eigenvalue weighted by molar-refractivity contribution is -0.141. The molecule has 0 aliphatic heterocycles. The average Bonchev–Trinajstić information content (AvgIpc) is 3.02. The summed E-state index contributed by atoms with van der Waals surface area (Å²) in [5.41, 5.74) is 3.24. The van der Waals surface area contributed by atoms with Crippen molar-refractivity contribution < 1.29 is 22.7 Å². The van der Waals surface area contributed by atoms with Crippen LogP contribution in [0.3, 0.4) is 0 Å². The van der Waals surface area contributed by atoms with Crippen molar-refractivity contribution in [3.05, 3.63) is 132 Å². The SMILES string of the molecule is COc1ccc(CN(C(=O)CN(Cc2ccccc2)S(C)(=O)=O)[C@H](Cc2ccccc2)C(=O)NCc2ccncc2)cc1. The molecule has 0 aliphatic carbocycles. The summed E-state index contributed by atoms with van der Waals surface area (Å²) in [6.45, 7) is -0.0567. The summed E-state index contributed by atoms with van der Waals surface area (Å²) in [7, 11) is -2.19. The molecule has 1 aromatic heterocycles. The number of sulfonamides is 1. The Morgan fingerprint density at radius 2 is 1.37 bits per heavy atom. The highest BCUT2D eigenvalue weighted by molar-refractivity contribution is 7.88. The van der Waals surface area contributed by atoms with Gasteiger partial charge in [-0.1, -0.05) is 72.8 Å². The van der Waals surface area contributed by atoms with Crippen LogP contribution in [0, 0.1) is 0 Å². The van der Waals surface area contributed by atoms with Crippen molar-refractivity contribution in [1.29, 1.82) is 0 Å². The molecule has 1 N–H and O–H groups in total. The zero-order valence-corrected chi connectivity index (χ0v) is 25.1. The molecule has 0 saturated carbocycles. The topological polar surface area (TPSA) is 109 Å². The van der Waals surface area contributed by atoms with Gasteiger partial charge >= 0.3 is 0 Å². The molecule has 0 radical (unpaired) electrons. The second-order valence-electron chi connectivity index (χ2n) is 10.2. The van der Waals surface area contributed by atoms with E-state index >= 15 is 0 Å². The first-order chi connectivity index (χ1) is 20.7. The molecule has 0 unspecified atom stereocenters. The van der Waals surface area contributed by atoms with Crippen LogP contribution in [0.1, 0.15) is 22.3 Å². The fourth-order valence-electron chi connectivity index (χ4n) is 4.61. The number of nitrogens with one attached hydrogen (secondary N) is 1. The molecular formula is C33H36N4O5S. The smallest absolute Gasteiger partial charge is 0.243 e. The predicted octanol–water partition coefficient (Wildman–Crippen LogP) is 3.81. The number of nitrogens with zero attached hydrogens (tertiary/aromatic N) is 3. The Morgan fingerprint density at radius 1 is 0.791 bits per heavy atom. The Morgan fingerprint density at radius 3 is 1.95 bits per heavy atom. The zero-order valence-electron chi connectivity index (χ0n) is 24.3. The van der Waals surface area contributed by atoms with Gasteiger partial charge in [0.1, 0.15) is 11.8 Å². The molecule has 1 heterocycles. The molecule has 10 heteroatoms. The Balaban J connectivity index is 1.68. The Hall–Kier alpha value is -4.54. The number of carbonyl (C=O) groups is 2. The minimum Gasteiger partial charge on any atom is -0.497 e. The summed E-state index contributed by atoms with van der Waals surface area (Å²) < 4.78 is 32.1. The molecule has 4 aromatic rings. The lowest BCUT2D eigenvalue weighted by Crippen LogP contribution is -2.53. The van der Waals surface area contributed by atoms with Crippen LogP contribution in [0.5, 0.6) is 5.75 Å². The monoisotopic (exact) mass is 600 g/mol. The molecule has 3 aromatic carbocycles. The summed E-state index contributed by atoms with van der Waals surface area (Å²) >= 11 is 0. The van der Waals surface area contributed by atoms with E-state index in [1.54, 1.807) is 43.8 Å². The molecule has 0 bridgehead atoms. The van der Waals surface area contributed by atoms with Crippen molar-refractivity contribution in [2.24, 2.45) is 0 Å². The van der Waals surface area contributed by atoms with Crippen LogP contribution in [0.25, 0.3) is 0 Å². The van der Waals surface area contributed by atoms with Gasteiger partial charge in [-0.05, 0) is 46.5 Å². The lowest BCUT2D eigenvalue weighted by atomic mass is 10.0. The maximum absolute atomic E-state index is 14.1. The molecule has 2 amide bonds. The molecule has 9 nitrogen and oxygen atoms in total. The summed E-state index contributed by atoms with van der Waals surface area (Å²) in [5.74, 6) is -0.183. The third-order valence-electron chi connectivity index (χ3n) is 6.98. The zero-order chi connectivity index (χ0) is 30.7. The fourth-order valence-corrected chi connectivity index (χ4v) is 5.34. The number of carbonyl (C=O) groups excluding carboxylic acids is 2. The minimum atomic E-state index is -3.76. The molecule has 1 atom stereocenters. The highest BCUT2D eigenvalue weighted by Crippen LogP contribution is 2.19. The van der Waals surface area contributed by atoms with Crippen LogP contribution < -0.4 is 10.1 Å². The Bertz CT molecular complexity index is 1570. The number of methoxy groups -OCH3 is 1. The number of amides is 2. The predicted molar refractivity (Wildman–Crippen MR) is 165 cm³/mol. The van der Waals surface area contributed by atoms with E-state index in [9.17, 15) is 18.0 Å². The van der Waals surface area contributed by atoms with Crippen LogP contribution in [0.4, 0.5) is 0 Å². The number of rotatable bonds is 14. The van der Waals surface area contributed by atoms with Crippen molar-refractivity contribution in [1.82, 2.24) is 19.5 Å². The molecule has 224 valence electrons. The first-order valence-corrected chi connectivity index (χ1v) is 15.7. The maximum atomic E-state index is 14.1. The van der Waals surface area contributed by atoms with Gasteiger partial charge in [0, 0.05) is 38.4 Å². The van der Waals surface area contributed by atoms with E-state index in [1.807, 2.05) is 72.8 Å². The summed E-state index contributed by atoms with van der Waals surface area (Å²) in [6, 6.07) is 28.4. The average molecular weight is 601 g/mol. The van der Waals surface area contributed by atoms with Gasteiger partial charge in [0.25, 0.3) is 0 Å². The van der Waals surface area contributed by atoms with Gasteiger partial charge in [-0.25, -0.2) is 8.42 Å². The first-order valence-electron chi connectivity index (χ1n) is 13.8. The normalized spacial score (nSPS) is 12.0. The van der Waals surface area contributed by atoms with Crippen molar-refractivity contribution >= 4 is 21.8 Å². The second kappa shape index (κ2) is 15.1. The van der Waals surface area contributed by atoms with E-state index in [-0.39, 0.29) is 32.0 Å². The second-order valence-corrected chi connectivity index (χ2v) is 12.1. The van der Waals surface area contributed by atoms with Gasteiger partial charge in [-0.3, -0.25) is 14.6 Å². The van der Waals surface area contributed by atoms with Crippen molar-refractivity contribution in [3.8, 4) is 5.75 Å². The van der Waals surface area contributed by atoms with Crippen molar-refractivity contribution in [3.63, 3.8) is 0 Å². The quantitative estimate of drug-likeness (QED) is 0.236. The van der Waals surface area contributed by atoms with Gasteiger partial charge in [0.05, 0.1) is 19.9 Å². The number of benzene rings is 3. The number of aromatic nitrogens is 1. The molecule has 4 rings (SSSR count). The largest absolute Gasteiger partial charge is 0.497 e. The fraction of sp³-hybridized carbons (Fsp3) is 0.242. The molecule has 0 spiro atoms. The number of ether oxygens (including phenoxy) is 1. The van der Waals surface area contributed by atoms with Gasteiger partial charge in [-0.2, -0.15) is 4.31 Å². The molecule has 0 fully saturated rings. The number of pyridine rings is 1.